The van der Waals surface area contributed by atoms with Gasteiger partial charge in [-0.15, -0.1) is 11.6 Å². The quantitative estimate of drug-likeness (QED) is 0.416. The van der Waals surface area contributed by atoms with E-state index in [2.05, 4.69) is 15.9 Å². The third-order valence-corrected chi connectivity index (χ3v) is 4.60. The highest BCUT2D eigenvalue weighted by Gasteiger charge is 2.18. The highest BCUT2D eigenvalue weighted by molar-refractivity contribution is 9.10. The number of halogens is 6. The van der Waals surface area contributed by atoms with Crippen LogP contribution in [0.2, 0.25) is 10.0 Å². The van der Waals surface area contributed by atoms with Crippen LogP contribution in [-0.4, -0.2) is 0 Å². The maximum absolute atomic E-state index is 13.3. The maximum Gasteiger partial charge on any atom is 0.160 e. The molecule has 1 atom stereocenters. The fourth-order valence-electron chi connectivity index (χ4n) is 1.58. The number of rotatable bonds is 2. The van der Waals surface area contributed by atoms with E-state index in [0.29, 0.717) is 16.1 Å². The summed E-state index contributed by atoms with van der Waals surface area (Å²) in [5.74, 6) is -2.00. The normalized spacial score (nSPS) is 12.5. The van der Waals surface area contributed by atoms with Crippen LogP contribution in [0.5, 0.6) is 0 Å². The average molecular weight is 386 g/mol. The Morgan fingerprint density at radius 2 is 1.58 bits per heavy atom. The molecule has 6 heteroatoms. The molecule has 0 bridgehead atoms. The highest BCUT2D eigenvalue weighted by atomic mass is 79.9. The molecule has 0 aliphatic heterocycles. The van der Waals surface area contributed by atoms with Gasteiger partial charge in [0.25, 0.3) is 0 Å². The lowest BCUT2D eigenvalue weighted by Gasteiger charge is -2.13. The van der Waals surface area contributed by atoms with Crippen LogP contribution in [0.3, 0.4) is 0 Å². The van der Waals surface area contributed by atoms with Crippen LogP contribution in [0.15, 0.2) is 34.8 Å². The van der Waals surface area contributed by atoms with E-state index in [9.17, 15) is 8.78 Å². The van der Waals surface area contributed by atoms with Crippen LogP contribution in [0.4, 0.5) is 8.78 Å². The minimum atomic E-state index is -1.01. The monoisotopic (exact) mass is 384 g/mol. The van der Waals surface area contributed by atoms with Gasteiger partial charge in [0.15, 0.2) is 11.6 Å². The van der Waals surface area contributed by atoms with Crippen LogP contribution in [-0.2, 0) is 0 Å². The van der Waals surface area contributed by atoms with Crippen molar-refractivity contribution in [3.63, 3.8) is 0 Å². The second kappa shape index (κ2) is 5.96. The van der Waals surface area contributed by atoms with E-state index in [0.717, 1.165) is 16.6 Å². The SMILES string of the molecule is Fc1cc(Cl)c(C(Cl)c2ccc(Br)c(Cl)c2)cc1F. The second-order valence-electron chi connectivity index (χ2n) is 3.82. The Kier molecular flexibility index (Phi) is 4.72. The lowest BCUT2D eigenvalue weighted by molar-refractivity contribution is 0.507. The zero-order valence-electron chi connectivity index (χ0n) is 9.23. The third kappa shape index (κ3) is 3.22. The van der Waals surface area contributed by atoms with Crippen LogP contribution in [0.25, 0.3) is 0 Å². The van der Waals surface area contributed by atoms with E-state index in [1.54, 1.807) is 18.2 Å². The molecule has 0 radical (unpaired) electrons. The fourth-order valence-corrected chi connectivity index (χ4v) is 2.65. The van der Waals surface area contributed by atoms with Gasteiger partial charge in [0.1, 0.15) is 0 Å². The molecule has 0 fully saturated rings. The lowest BCUT2D eigenvalue weighted by atomic mass is 10.0. The van der Waals surface area contributed by atoms with Crippen LogP contribution >= 0.6 is 50.7 Å². The van der Waals surface area contributed by atoms with Crippen LogP contribution in [0.1, 0.15) is 16.5 Å². The molecule has 2 aromatic carbocycles. The topological polar surface area (TPSA) is 0 Å². The van der Waals surface area contributed by atoms with Gasteiger partial charge in [-0.1, -0.05) is 29.3 Å². The molecule has 0 aliphatic rings. The lowest BCUT2D eigenvalue weighted by Crippen LogP contribution is -1.97. The predicted octanol–water partition coefficient (Wildman–Crippen LogP) is 6.36. The Labute approximate surface area is 132 Å². The molecule has 2 rings (SSSR count). The second-order valence-corrected chi connectivity index (χ2v) is 5.93. The molecule has 100 valence electrons. The van der Waals surface area contributed by atoms with Crippen LogP contribution in [0, 0.1) is 11.6 Å². The smallest absolute Gasteiger partial charge is 0.160 e. The summed E-state index contributed by atoms with van der Waals surface area (Å²) in [6.07, 6.45) is 0. The first kappa shape index (κ1) is 15.0. The maximum atomic E-state index is 13.3. The van der Waals surface area contributed by atoms with Crippen molar-refractivity contribution in [1.82, 2.24) is 0 Å². The van der Waals surface area contributed by atoms with E-state index >= 15 is 0 Å². The van der Waals surface area contributed by atoms with Gasteiger partial charge in [-0.2, -0.15) is 0 Å². The summed E-state index contributed by atoms with van der Waals surface area (Å²) < 4.78 is 27.0. The average Bonchev–Trinajstić information content (AvgIpc) is 2.36. The molecule has 0 amide bonds. The number of hydrogen-bond acceptors (Lipinski definition) is 0. The summed E-state index contributed by atoms with van der Waals surface area (Å²) in [6, 6.07) is 6.99. The summed E-state index contributed by atoms with van der Waals surface area (Å²) in [5.41, 5.74) is 0.934. The van der Waals surface area contributed by atoms with Crippen molar-refractivity contribution in [1.29, 1.82) is 0 Å². The number of alkyl halides is 1. The van der Waals surface area contributed by atoms with Gasteiger partial charge in [0, 0.05) is 9.50 Å². The van der Waals surface area contributed by atoms with Gasteiger partial charge < -0.3 is 0 Å². The molecule has 0 N–H and O–H groups in total. The summed E-state index contributed by atoms with van der Waals surface area (Å²) in [5, 5.41) is -0.173. The molecule has 0 spiro atoms. The molecule has 1 unspecified atom stereocenters. The Morgan fingerprint density at radius 3 is 2.21 bits per heavy atom. The summed E-state index contributed by atoms with van der Waals surface area (Å²) in [6.45, 7) is 0. The molecule has 0 aliphatic carbocycles. The van der Waals surface area contributed by atoms with Gasteiger partial charge in [0.05, 0.1) is 10.4 Å². The van der Waals surface area contributed by atoms with E-state index in [1.165, 1.54) is 0 Å². The first-order valence-electron chi connectivity index (χ1n) is 5.13. The van der Waals surface area contributed by atoms with Gasteiger partial charge in [-0.05, 0) is 51.3 Å². The van der Waals surface area contributed by atoms with Crippen molar-refractivity contribution in [2.75, 3.05) is 0 Å². The molecular formula is C13H6BrCl3F2. The summed E-state index contributed by atoms with van der Waals surface area (Å²) in [4.78, 5) is 0. The van der Waals surface area contributed by atoms with Gasteiger partial charge >= 0.3 is 0 Å². The van der Waals surface area contributed by atoms with Gasteiger partial charge in [-0.25, -0.2) is 8.78 Å². The summed E-state index contributed by atoms with van der Waals surface area (Å²) >= 11 is 21.4. The van der Waals surface area contributed by atoms with Crippen molar-refractivity contribution in [3.05, 3.63) is 67.6 Å². The van der Waals surface area contributed by atoms with Crippen molar-refractivity contribution in [2.24, 2.45) is 0 Å². The van der Waals surface area contributed by atoms with Gasteiger partial charge in [-0.3, -0.25) is 0 Å². The van der Waals surface area contributed by atoms with Crippen molar-refractivity contribution < 1.29 is 8.78 Å². The van der Waals surface area contributed by atoms with Crippen molar-refractivity contribution >= 4 is 50.7 Å². The molecule has 0 saturated heterocycles. The molecule has 0 aromatic heterocycles. The zero-order valence-corrected chi connectivity index (χ0v) is 13.1. The minimum Gasteiger partial charge on any atom is -0.204 e. The third-order valence-electron chi connectivity index (χ3n) is 2.55. The molecule has 0 nitrogen and oxygen atoms in total. The van der Waals surface area contributed by atoms with Crippen molar-refractivity contribution in [3.8, 4) is 0 Å². The number of hydrogen-bond donors (Lipinski definition) is 0. The van der Waals surface area contributed by atoms with E-state index in [4.69, 9.17) is 34.8 Å². The van der Waals surface area contributed by atoms with Crippen LogP contribution < -0.4 is 0 Å². The molecule has 19 heavy (non-hydrogen) atoms. The van der Waals surface area contributed by atoms with E-state index in [1.807, 2.05) is 0 Å². The first-order chi connectivity index (χ1) is 8.90. The molecule has 0 saturated carbocycles. The predicted molar refractivity (Wildman–Crippen MR) is 78.2 cm³/mol. The Balaban J connectivity index is 2.46. The van der Waals surface area contributed by atoms with Crippen molar-refractivity contribution in [2.45, 2.75) is 5.38 Å². The van der Waals surface area contributed by atoms with E-state index in [-0.39, 0.29) is 5.02 Å². The standard InChI is InChI=1S/C13H6BrCl3F2/c14-8-2-1-6(3-10(8)16)13(17)7-4-11(18)12(19)5-9(7)15/h1-5,13H. The van der Waals surface area contributed by atoms with Gasteiger partial charge in [0.2, 0.25) is 0 Å². The number of benzene rings is 2. The molecule has 2 aromatic rings. The highest BCUT2D eigenvalue weighted by Crippen LogP contribution is 2.37. The molecular weight excluding hydrogens is 380 g/mol. The molecule has 0 heterocycles. The Bertz CT molecular complexity index is 632. The minimum absolute atomic E-state index is 0.0675. The summed E-state index contributed by atoms with van der Waals surface area (Å²) in [7, 11) is 0. The Hall–Kier alpha value is -0.350. The Morgan fingerprint density at radius 1 is 0.947 bits per heavy atom. The largest absolute Gasteiger partial charge is 0.204 e. The zero-order chi connectivity index (χ0) is 14.2. The first-order valence-corrected chi connectivity index (χ1v) is 7.12. The van der Waals surface area contributed by atoms with E-state index < -0.39 is 17.0 Å². The fraction of sp³-hybridized carbons (Fsp3) is 0.0769.